The van der Waals surface area contributed by atoms with Gasteiger partial charge in [-0.3, -0.25) is 0 Å². The molecule has 132 valence electrons. The van der Waals surface area contributed by atoms with E-state index in [0.29, 0.717) is 0 Å². The fraction of sp³-hybridized carbons (Fsp3) is 0.0769. The van der Waals surface area contributed by atoms with E-state index in [2.05, 4.69) is 109 Å². The number of hydrogen-bond acceptors (Lipinski definition) is 1. The summed E-state index contributed by atoms with van der Waals surface area (Å²) in [4.78, 5) is 0. The minimum absolute atomic E-state index is 0.254. The lowest BCUT2D eigenvalue weighted by molar-refractivity contribution is 0.399. The minimum atomic E-state index is -0.254. The summed E-state index contributed by atoms with van der Waals surface area (Å²) in [5, 5.41) is 7.00. The SMILES string of the molecule is CO.c1ccc(C2(c3ccccc3)c3ccccc3-c3ccccc32)cc1. The third-order valence-corrected chi connectivity index (χ3v) is 5.37. The molecule has 27 heavy (non-hydrogen) atoms. The van der Waals surface area contributed by atoms with Crippen LogP contribution in [0.3, 0.4) is 0 Å². The van der Waals surface area contributed by atoms with E-state index in [0.717, 1.165) is 7.11 Å². The summed E-state index contributed by atoms with van der Waals surface area (Å²) in [5.74, 6) is 0. The van der Waals surface area contributed by atoms with Crippen molar-refractivity contribution in [2.24, 2.45) is 0 Å². The first-order valence-corrected chi connectivity index (χ1v) is 9.17. The summed E-state index contributed by atoms with van der Waals surface area (Å²) in [5.41, 5.74) is 7.80. The number of aliphatic hydroxyl groups is 1. The van der Waals surface area contributed by atoms with Crippen LogP contribution >= 0.6 is 0 Å². The Morgan fingerprint density at radius 1 is 0.444 bits per heavy atom. The first-order valence-electron chi connectivity index (χ1n) is 9.17. The Morgan fingerprint density at radius 2 is 0.778 bits per heavy atom. The molecule has 0 saturated carbocycles. The van der Waals surface area contributed by atoms with E-state index in [1.165, 1.54) is 33.4 Å². The molecule has 5 rings (SSSR count). The molecule has 0 fully saturated rings. The summed E-state index contributed by atoms with van der Waals surface area (Å²) in [7, 11) is 1.00. The second-order valence-electron chi connectivity index (χ2n) is 6.57. The topological polar surface area (TPSA) is 20.2 Å². The Morgan fingerprint density at radius 3 is 1.19 bits per heavy atom. The van der Waals surface area contributed by atoms with E-state index >= 15 is 0 Å². The molecule has 0 atom stereocenters. The summed E-state index contributed by atoms with van der Waals surface area (Å²) in [6.07, 6.45) is 0. The highest BCUT2D eigenvalue weighted by atomic mass is 16.2. The van der Waals surface area contributed by atoms with E-state index in [1.807, 2.05) is 0 Å². The van der Waals surface area contributed by atoms with Crippen molar-refractivity contribution in [3.63, 3.8) is 0 Å². The van der Waals surface area contributed by atoms with E-state index < -0.39 is 0 Å². The van der Waals surface area contributed by atoms with Crippen LogP contribution in [0.15, 0.2) is 109 Å². The Balaban J connectivity index is 0.000000872. The first-order chi connectivity index (χ1) is 13.4. The van der Waals surface area contributed by atoms with Crippen LogP contribution in [0.4, 0.5) is 0 Å². The van der Waals surface area contributed by atoms with Crippen molar-refractivity contribution < 1.29 is 5.11 Å². The van der Waals surface area contributed by atoms with Crippen molar-refractivity contribution in [2.75, 3.05) is 7.11 Å². The predicted molar refractivity (Wildman–Crippen MR) is 112 cm³/mol. The molecule has 0 aromatic heterocycles. The lowest BCUT2D eigenvalue weighted by Gasteiger charge is -2.33. The predicted octanol–water partition coefficient (Wildman–Crippen LogP) is 5.66. The first kappa shape index (κ1) is 17.3. The van der Waals surface area contributed by atoms with Crippen LogP contribution in [0, 0.1) is 0 Å². The largest absolute Gasteiger partial charge is 0.400 e. The molecule has 0 saturated heterocycles. The van der Waals surface area contributed by atoms with Crippen molar-refractivity contribution >= 4 is 0 Å². The molecule has 0 amide bonds. The normalized spacial score (nSPS) is 13.1. The van der Waals surface area contributed by atoms with Gasteiger partial charge in [0.2, 0.25) is 0 Å². The zero-order valence-corrected chi connectivity index (χ0v) is 15.3. The fourth-order valence-corrected chi connectivity index (χ4v) is 4.40. The van der Waals surface area contributed by atoms with Gasteiger partial charge >= 0.3 is 0 Å². The molecule has 0 unspecified atom stereocenters. The second kappa shape index (κ2) is 7.22. The molecule has 0 spiro atoms. The Kier molecular flexibility index (Phi) is 4.62. The zero-order valence-electron chi connectivity index (χ0n) is 15.3. The summed E-state index contributed by atoms with van der Waals surface area (Å²) in [6, 6.07) is 39.5. The lowest BCUT2D eigenvalue weighted by Crippen LogP contribution is -2.28. The zero-order chi connectivity index (χ0) is 18.7. The third kappa shape index (κ3) is 2.51. The Labute approximate surface area is 160 Å². The molecule has 0 radical (unpaired) electrons. The third-order valence-electron chi connectivity index (χ3n) is 5.37. The molecule has 0 aliphatic heterocycles. The molecular weight excluding hydrogens is 328 g/mol. The van der Waals surface area contributed by atoms with Crippen LogP contribution in [0.1, 0.15) is 22.3 Å². The van der Waals surface area contributed by atoms with Crippen LogP contribution in [-0.2, 0) is 5.41 Å². The number of rotatable bonds is 2. The number of benzene rings is 4. The minimum Gasteiger partial charge on any atom is -0.400 e. The van der Waals surface area contributed by atoms with Gasteiger partial charge in [0, 0.05) is 7.11 Å². The monoisotopic (exact) mass is 350 g/mol. The highest BCUT2D eigenvalue weighted by Crippen LogP contribution is 2.55. The van der Waals surface area contributed by atoms with Gasteiger partial charge in [0.25, 0.3) is 0 Å². The van der Waals surface area contributed by atoms with Crippen LogP contribution < -0.4 is 0 Å². The van der Waals surface area contributed by atoms with E-state index in [9.17, 15) is 0 Å². The summed E-state index contributed by atoms with van der Waals surface area (Å²) < 4.78 is 0. The summed E-state index contributed by atoms with van der Waals surface area (Å²) in [6.45, 7) is 0. The van der Waals surface area contributed by atoms with E-state index in [4.69, 9.17) is 5.11 Å². The van der Waals surface area contributed by atoms with Crippen LogP contribution in [-0.4, -0.2) is 12.2 Å². The lowest BCUT2D eigenvalue weighted by atomic mass is 9.68. The molecule has 4 aromatic rings. The molecule has 1 aliphatic carbocycles. The molecule has 1 N–H and O–H groups in total. The van der Waals surface area contributed by atoms with Crippen molar-refractivity contribution in [2.45, 2.75) is 5.41 Å². The van der Waals surface area contributed by atoms with Crippen LogP contribution in [0.25, 0.3) is 11.1 Å². The average molecular weight is 350 g/mol. The molecular formula is C26H22O. The molecule has 1 heteroatoms. The van der Waals surface area contributed by atoms with Crippen molar-refractivity contribution in [3.05, 3.63) is 131 Å². The van der Waals surface area contributed by atoms with Gasteiger partial charge in [0.15, 0.2) is 0 Å². The van der Waals surface area contributed by atoms with Gasteiger partial charge in [-0.25, -0.2) is 0 Å². The quantitative estimate of drug-likeness (QED) is 0.436. The smallest absolute Gasteiger partial charge is 0.0713 e. The maximum Gasteiger partial charge on any atom is 0.0713 e. The van der Waals surface area contributed by atoms with Crippen LogP contribution in [0.2, 0.25) is 0 Å². The highest BCUT2D eigenvalue weighted by Gasteiger charge is 2.45. The van der Waals surface area contributed by atoms with Gasteiger partial charge in [-0.2, -0.15) is 0 Å². The Bertz CT molecular complexity index is 949. The van der Waals surface area contributed by atoms with Gasteiger partial charge in [-0.15, -0.1) is 0 Å². The number of hydrogen-bond donors (Lipinski definition) is 1. The van der Waals surface area contributed by atoms with E-state index in [1.54, 1.807) is 0 Å². The van der Waals surface area contributed by atoms with Gasteiger partial charge in [-0.1, -0.05) is 109 Å². The van der Waals surface area contributed by atoms with Gasteiger partial charge in [0.1, 0.15) is 0 Å². The van der Waals surface area contributed by atoms with Gasteiger partial charge in [0.05, 0.1) is 5.41 Å². The Hall–Kier alpha value is -3.16. The van der Waals surface area contributed by atoms with Gasteiger partial charge in [-0.05, 0) is 33.4 Å². The van der Waals surface area contributed by atoms with Gasteiger partial charge < -0.3 is 5.11 Å². The van der Waals surface area contributed by atoms with Crippen molar-refractivity contribution in [3.8, 4) is 11.1 Å². The maximum absolute atomic E-state index is 7.00. The average Bonchev–Trinajstić information content (AvgIpc) is 3.08. The van der Waals surface area contributed by atoms with E-state index in [-0.39, 0.29) is 5.41 Å². The van der Waals surface area contributed by atoms with Crippen LogP contribution in [0.5, 0.6) is 0 Å². The molecule has 0 heterocycles. The molecule has 4 aromatic carbocycles. The highest BCUT2D eigenvalue weighted by molar-refractivity contribution is 5.86. The number of fused-ring (bicyclic) bond motifs is 3. The second-order valence-corrected chi connectivity index (χ2v) is 6.57. The van der Waals surface area contributed by atoms with Crippen molar-refractivity contribution in [1.82, 2.24) is 0 Å². The molecule has 1 nitrogen and oxygen atoms in total. The molecule has 1 aliphatic rings. The maximum atomic E-state index is 7.00. The standard InChI is InChI=1S/C25H18.CH4O/c1-3-11-19(12-4-1)25(20-13-5-2-6-14-20)23-17-9-7-15-21(23)22-16-8-10-18-24(22)25;1-2/h1-18H;2H,1H3. The molecule has 0 bridgehead atoms. The van der Waals surface area contributed by atoms with Crippen molar-refractivity contribution in [1.29, 1.82) is 0 Å². The fourth-order valence-electron chi connectivity index (χ4n) is 4.40. The number of aliphatic hydroxyl groups excluding tert-OH is 1. The summed E-state index contributed by atoms with van der Waals surface area (Å²) >= 11 is 0.